The van der Waals surface area contributed by atoms with E-state index in [1.807, 2.05) is 48.6 Å². The molecule has 1 spiro atoms. The van der Waals surface area contributed by atoms with Crippen LogP contribution in [-0.2, 0) is 23.8 Å². The van der Waals surface area contributed by atoms with Crippen LogP contribution in [0.1, 0.15) is 40.3 Å². The van der Waals surface area contributed by atoms with Crippen LogP contribution in [0.4, 0.5) is 5.95 Å². The van der Waals surface area contributed by atoms with Gasteiger partial charge in [-0.15, -0.1) is 0 Å². The van der Waals surface area contributed by atoms with Crippen LogP contribution in [0.3, 0.4) is 0 Å². The van der Waals surface area contributed by atoms with Gasteiger partial charge in [0.1, 0.15) is 16.9 Å². The first-order valence-electron chi connectivity index (χ1n) is 10.6. The van der Waals surface area contributed by atoms with Crippen LogP contribution in [0.5, 0.6) is 0 Å². The Hall–Kier alpha value is -3.07. The van der Waals surface area contributed by atoms with Gasteiger partial charge in [-0.3, -0.25) is 4.79 Å². The topological polar surface area (TPSA) is 89.3 Å². The smallest absolute Gasteiger partial charge is 0.256 e. The first-order valence-corrected chi connectivity index (χ1v) is 10.6. The Labute approximate surface area is 181 Å². The lowest BCUT2D eigenvalue weighted by atomic mass is 9.83. The number of aryl methyl sites for hydroxylation is 2. The Bertz CT molecular complexity index is 1160. The molecule has 9 heteroatoms. The largest absolute Gasteiger partial charge is 0.368 e. The monoisotopic (exact) mass is 421 g/mol. The number of hydrogen-bond acceptors (Lipinski definition) is 7. The van der Waals surface area contributed by atoms with Gasteiger partial charge in [0, 0.05) is 46.6 Å². The van der Waals surface area contributed by atoms with Crippen molar-refractivity contribution in [2.45, 2.75) is 31.8 Å². The highest BCUT2D eigenvalue weighted by atomic mass is 16.5. The number of pyridine rings is 1. The molecule has 162 valence electrons. The van der Waals surface area contributed by atoms with Crippen LogP contribution in [0, 0.1) is 6.92 Å². The summed E-state index contributed by atoms with van der Waals surface area (Å²) in [6, 6.07) is 1.77. The van der Waals surface area contributed by atoms with Crippen molar-refractivity contribution in [1.29, 1.82) is 0 Å². The van der Waals surface area contributed by atoms with Crippen LogP contribution in [0.2, 0.25) is 0 Å². The van der Waals surface area contributed by atoms with E-state index in [1.165, 1.54) is 0 Å². The minimum Gasteiger partial charge on any atom is -0.368 e. The van der Waals surface area contributed by atoms with Crippen molar-refractivity contribution in [3.8, 4) is 0 Å². The molecule has 5 heterocycles. The molecule has 1 fully saturated rings. The number of carbonyl (C=O) groups excluding carboxylic acids is 1. The highest BCUT2D eigenvalue weighted by Crippen LogP contribution is 2.41. The second-order valence-electron chi connectivity index (χ2n) is 8.57. The third kappa shape index (κ3) is 3.15. The Kier molecular flexibility index (Phi) is 4.65. The Morgan fingerprint density at radius 2 is 1.97 bits per heavy atom. The molecule has 0 N–H and O–H groups in total. The second kappa shape index (κ2) is 7.26. The third-order valence-electron chi connectivity index (χ3n) is 6.50. The summed E-state index contributed by atoms with van der Waals surface area (Å²) in [4.78, 5) is 35.5. The molecule has 0 unspecified atom stereocenters. The normalized spacial score (nSPS) is 17.7. The standard InChI is InChI=1S/C22H27N7O2/c1-14-25-17-16(5-9-23-19(17)28(14)4)20(30)29-10-7-22(8-11-29)18-15(6-12-31-22)13-24-21(26-18)27(2)3/h5,9,13H,6-8,10-12H2,1-4H3. The van der Waals surface area contributed by atoms with Crippen LogP contribution >= 0.6 is 0 Å². The maximum Gasteiger partial charge on any atom is 0.256 e. The summed E-state index contributed by atoms with van der Waals surface area (Å²) >= 11 is 0. The van der Waals surface area contributed by atoms with Crippen molar-refractivity contribution in [1.82, 2.24) is 29.4 Å². The summed E-state index contributed by atoms with van der Waals surface area (Å²) < 4.78 is 8.23. The lowest BCUT2D eigenvalue weighted by molar-refractivity contribution is -0.0966. The highest BCUT2D eigenvalue weighted by molar-refractivity contribution is 6.04. The number of anilines is 1. The number of likely N-dealkylation sites (tertiary alicyclic amines) is 1. The summed E-state index contributed by atoms with van der Waals surface area (Å²) in [6.07, 6.45) is 5.86. The number of hydrogen-bond donors (Lipinski definition) is 0. The first-order chi connectivity index (χ1) is 14.9. The van der Waals surface area contributed by atoms with E-state index in [0.717, 1.165) is 29.1 Å². The molecule has 3 aromatic rings. The summed E-state index contributed by atoms with van der Waals surface area (Å²) in [7, 11) is 5.79. The maximum absolute atomic E-state index is 13.4. The number of piperidine rings is 1. The predicted octanol–water partition coefficient (Wildman–Crippen LogP) is 1.84. The Morgan fingerprint density at radius 3 is 2.71 bits per heavy atom. The van der Waals surface area contributed by atoms with Crippen molar-refractivity contribution >= 4 is 23.0 Å². The zero-order chi connectivity index (χ0) is 21.8. The van der Waals surface area contributed by atoms with Crippen molar-refractivity contribution in [3.05, 3.63) is 41.1 Å². The molecule has 0 aromatic carbocycles. The van der Waals surface area contributed by atoms with E-state index in [4.69, 9.17) is 9.72 Å². The molecule has 31 heavy (non-hydrogen) atoms. The zero-order valence-electron chi connectivity index (χ0n) is 18.4. The quantitative estimate of drug-likeness (QED) is 0.624. The van der Waals surface area contributed by atoms with Gasteiger partial charge >= 0.3 is 0 Å². The van der Waals surface area contributed by atoms with E-state index in [0.29, 0.717) is 49.6 Å². The maximum atomic E-state index is 13.4. The SMILES string of the molecule is Cc1nc2c(C(=O)N3CCC4(CC3)OCCc3cnc(N(C)C)nc34)ccnc2n1C. The van der Waals surface area contributed by atoms with Gasteiger partial charge in [-0.25, -0.2) is 19.9 Å². The van der Waals surface area contributed by atoms with E-state index in [1.54, 1.807) is 12.3 Å². The second-order valence-corrected chi connectivity index (χ2v) is 8.57. The van der Waals surface area contributed by atoms with E-state index in [9.17, 15) is 4.79 Å². The van der Waals surface area contributed by atoms with Gasteiger partial charge in [0.05, 0.1) is 17.9 Å². The van der Waals surface area contributed by atoms with Gasteiger partial charge in [0.25, 0.3) is 5.91 Å². The van der Waals surface area contributed by atoms with Gasteiger partial charge in [-0.1, -0.05) is 0 Å². The van der Waals surface area contributed by atoms with Gasteiger partial charge in [0.15, 0.2) is 5.65 Å². The van der Waals surface area contributed by atoms with E-state index >= 15 is 0 Å². The molecule has 2 aliphatic rings. The number of nitrogens with zero attached hydrogens (tertiary/aromatic N) is 7. The molecule has 0 saturated carbocycles. The van der Waals surface area contributed by atoms with Crippen molar-refractivity contribution in [3.63, 3.8) is 0 Å². The Morgan fingerprint density at radius 1 is 1.19 bits per heavy atom. The molecule has 1 saturated heterocycles. The first kappa shape index (κ1) is 19.9. The molecule has 0 atom stereocenters. The van der Waals surface area contributed by atoms with Crippen molar-refractivity contribution in [2.75, 3.05) is 38.7 Å². The highest BCUT2D eigenvalue weighted by Gasteiger charge is 2.43. The number of rotatable bonds is 2. The summed E-state index contributed by atoms with van der Waals surface area (Å²) in [5, 5.41) is 0. The van der Waals surface area contributed by atoms with E-state index < -0.39 is 5.60 Å². The number of carbonyl (C=O) groups is 1. The molecule has 0 bridgehead atoms. The van der Waals surface area contributed by atoms with E-state index in [2.05, 4.69) is 15.0 Å². The Balaban J connectivity index is 1.41. The van der Waals surface area contributed by atoms with Crippen LogP contribution in [-0.4, -0.2) is 69.1 Å². The van der Waals surface area contributed by atoms with Crippen molar-refractivity contribution in [2.24, 2.45) is 7.05 Å². The summed E-state index contributed by atoms with van der Waals surface area (Å²) in [5.74, 6) is 1.52. The van der Waals surface area contributed by atoms with Gasteiger partial charge < -0.3 is 19.1 Å². The molecular formula is C22H27N7O2. The number of amides is 1. The lowest BCUT2D eigenvalue weighted by Gasteiger charge is -2.44. The molecule has 0 radical (unpaired) electrons. The average molecular weight is 422 g/mol. The molecule has 2 aliphatic heterocycles. The fraction of sp³-hybridized carbons (Fsp3) is 0.500. The molecule has 0 aliphatic carbocycles. The van der Waals surface area contributed by atoms with Crippen LogP contribution in [0.25, 0.3) is 11.2 Å². The van der Waals surface area contributed by atoms with Gasteiger partial charge in [-0.05, 0) is 37.8 Å². The summed E-state index contributed by atoms with van der Waals surface area (Å²) in [6.45, 7) is 3.79. The third-order valence-corrected chi connectivity index (χ3v) is 6.50. The molecule has 1 amide bonds. The minimum absolute atomic E-state index is 0.00643. The number of fused-ring (bicyclic) bond motifs is 3. The van der Waals surface area contributed by atoms with E-state index in [-0.39, 0.29) is 5.91 Å². The molecule has 9 nitrogen and oxygen atoms in total. The number of ether oxygens (including phenoxy) is 1. The van der Waals surface area contributed by atoms with Gasteiger partial charge in [0.2, 0.25) is 5.95 Å². The van der Waals surface area contributed by atoms with Crippen LogP contribution in [0.15, 0.2) is 18.5 Å². The predicted molar refractivity (Wildman–Crippen MR) is 116 cm³/mol. The number of aromatic nitrogens is 5. The molecule has 5 rings (SSSR count). The number of imidazole rings is 1. The fourth-order valence-corrected chi connectivity index (χ4v) is 4.60. The lowest BCUT2D eigenvalue weighted by Crippen LogP contribution is -2.49. The van der Waals surface area contributed by atoms with Crippen LogP contribution < -0.4 is 4.90 Å². The van der Waals surface area contributed by atoms with Crippen molar-refractivity contribution < 1.29 is 9.53 Å². The fourth-order valence-electron chi connectivity index (χ4n) is 4.60. The molecule has 3 aromatic heterocycles. The molecular weight excluding hydrogens is 394 g/mol. The zero-order valence-corrected chi connectivity index (χ0v) is 18.4. The van der Waals surface area contributed by atoms with Gasteiger partial charge in [-0.2, -0.15) is 0 Å². The minimum atomic E-state index is -0.451. The summed E-state index contributed by atoms with van der Waals surface area (Å²) in [5.41, 5.74) is 3.68. The average Bonchev–Trinajstić information content (AvgIpc) is 3.07.